The standard InChI is InChI=1S/C25H38O5/c1-4-6-7-8-9-10-11-18-28-23-15-12-22(13-16-23)14-17-24(26)29-19-20-30-25(27)21(3)5-2/h12-17,21H,4-11,18-20H2,1-3H3/b17-14+. The maximum Gasteiger partial charge on any atom is 0.330 e. The van der Waals surface area contributed by atoms with E-state index in [0.717, 1.165) is 30.8 Å². The molecule has 0 aliphatic rings. The molecule has 1 rings (SSSR count). The Morgan fingerprint density at radius 3 is 2.17 bits per heavy atom. The number of carbonyl (C=O) groups excluding carboxylic acids is 2. The minimum Gasteiger partial charge on any atom is -0.494 e. The molecule has 0 saturated carbocycles. The summed E-state index contributed by atoms with van der Waals surface area (Å²) in [5.41, 5.74) is 0.887. The van der Waals surface area contributed by atoms with Crippen LogP contribution in [0.5, 0.6) is 5.75 Å². The molecule has 1 atom stereocenters. The summed E-state index contributed by atoms with van der Waals surface area (Å²) in [5.74, 6) is -0.0286. The van der Waals surface area contributed by atoms with E-state index in [1.165, 1.54) is 44.6 Å². The van der Waals surface area contributed by atoms with Crippen LogP contribution in [0, 0.1) is 5.92 Å². The summed E-state index contributed by atoms with van der Waals surface area (Å²) in [6.07, 6.45) is 12.6. The summed E-state index contributed by atoms with van der Waals surface area (Å²) >= 11 is 0. The van der Waals surface area contributed by atoms with Gasteiger partial charge in [0.25, 0.3) is 0 Å². The molecule has 0 fully saturated rings. The maximum atomic E-state index is 11.7. The molecule has 0 aliphatic heterocycles. The lowest BCUT2D eigenvalue weighted by Gasteiger charge is -2.08. The number of rotatable bonds is 16. The highest BCUT2D eigenvalue weighted by atomic mass is 16.6. The first-order valence-corrected chi connectivity index (χ1v) is 11.3. The van der Waals surface area contributed by atoms with Gasteiger partial charge in [-0.25, -0.2) is 4.79 Å². The molecular weight excluding hydrogens is 380 g/mol. The highest BCUT2D eigenvalue weighted by Crippen LogP contribution is 2.14. The molecule has 0 aliphatic carbocycles. The van der Waals surface area contributed by atoms with Gasteiger partial charge >= 0.3 is 11.9 Å². The predicted molar refractivity (Wildman–Crippen MR) is 120 cm³/mol. The van der Waals surface area contributed by atoms with Gasteiger partial charge in [-0.05, 0) is 36.6 Å². The van der Waals surface area contributed by atoms with Gasteiger partial charge in [0.15, 0.2) is 0 Å². The smallest absolute Gasteiger partial charge is 0.330 e. The van der Waals surface area contributed by atoms with E-state index in [9.17, 15) is 9.59 Å². The third kappa shape index (κ3) is 12.3. The summed E-state index contributed by atoms with van der Waals surface area (Å²) in [5, 5.41) is 0. The molecule has 168 valence electrons. The van der Waals surface area contributed by atoms with E-state index in [-0.39, 0.29) is 25.1 Å². The number of hydrogen-bond acceptors (Lipinski definition) is 5. The van der Waals surface area contributed by atoms with Crippen LogP contribution in [0.1, 0.15) is 77.7 Å². The van der Waals surface area contributed by atoms with Crippen molar-refractivity contribution >= 4 is 18.0 Å². The van der Waals surface area contributed by atoms with Crippen molar-refractivity contribution in [3.8, 4) is 5.75 Å². The SMILES string of the molecule is CCCCCCCCCOc1ccc(/C=C/C(=O)OCCOC(=O)C(C)CC)cc1. The lowest BCUT2D eigenvalue weighted by atomic mass is 10.1. The van der Waals surface area contributed by atoms with E-state index in [0.29, 0.717) is 0 Å². The molecule has 0 N–H and O–H groups in total. The Morgan fingerprint density at radius 2 is 1.50 bits per heavy atom. The van der Waals surface area contributed by atoms with Crippen molar-refractivity contribution < 1.29 is 23.8 Å². The second-order valence-electron chi connectivity index (χ2n) is 7.52. The van der Waals surface area contributed by atoms with Crippen LogP contribution in [0.25, 0.3) is 6.08 Å². The van der Waals surface area contributed by atoms with Gasteiger partial charge in [0, 0.05) is 6.08 Å². The van der Waals surface area contributed by atoms with Gasteiger partial charge in [-0.15, -0.1) is 0 Å². The molecule has 5 nitrogen and oxygen atoms in total. The van der Waals surface area contributed by atoms with Crippen LogP contribution in [0.4, 0.5) is 0 Å². The van der Waals surface area contributed by atoms with Gasteiger partial charge in [0.2, 0.25) is 0 Å². The first-order valence-electron chi connectivity index (χ1n) is 11.3. The molecule has 1 unspecified atom stereocenters. The average Bonchev–Trinajstić information content (AvgIpc) is 2.77. The zero-order chi connectivity index (χ0) is 22.0. The van der Waals surface area contributed by atoms with E-state index in [4.69, 9.17) is 14.2 Å². The quantitative estimate of drug-likeness (QED) is 0.188. The summed E-state index contributed by atoms with van der Waals surface area (Å²) in [6, 6.07) is 7.61. The molecule has 0 radical (unpaired) electrons. The van der Waals surface area contributed by atoms with Crippen LogP contribution >= 0.6 is 0 Å². The molecule has 0 spiro atoms. The molecular formula is C25H38O5. The predicted octanol–water partition coefficient (Wildman–Crippen LogP) is 5.96. The molecule has 5 heteroatoms. The largest absolute Gasteiger partial charge is 0.494 e. The zero-order valence-corrected chi connectivity index (χ0v) is 18.9. The fourth-order valence-corrected chi connectivity index (χ4v) is 2.73. The Kier molecular flexibility index (Phi) is 14.1. The monoisotopic (exact) mass is 418 g/mol. The molecule has 0 heterocycles. The van der Waals surface area contributed by atoms with Crippen LogP contribution in [-0.4, -0.2) is 31.8 Å². The number of carbonyl (C=O) groups is 2. The van der Waals surface area contributed by atoms with Crippen LogP contribution in [0.2, 0.25) is 0 Å². The Labute approximate surface area is 181 Å². The van der Waals surface area contributed by atoms with Gasteiger partial charge in [0.1, 0.15) is 19.0 Å². The van der Waals surface area contributed by atoms with Gasteiger partial charge in [-0.1, -0.05) is 71.4 Å². The Bertz CT molecular complexity index is 621. The normalized spacial score (nSPS) is 12.0. The third-order valence-electron chi connectivity index (χ3n) is 4.90. The van der Waals surface area contributed by atoms with E-state index < -0.39 is 5.97 Å². The van der Waals surface area contributed by atoms with E-state index in [1.54, 1.807) is 6.08 Å². The number of ether oxygens (including phenoxy) is 3. The number of esters is 2. The van der Waals surface area contributed by atoms with Crippen molar-refractivity contribution in [2.24, 2.45) is 5.92 Å². The molecule has 0 saturated heterocycles. The summed E-state index contributed by atoms with van der Waals surface area (Å²) in [4.78, 5) is 23.2. The van der Waals surface area contributed by atoms with Crippen molar-refractivity contribution in [2.75, 3.05) is 19.8 Å². The van der Waals surface area contributed by atoms with Crippen molar-refractivity contribution in [2.45, 2.75) is 72.1 Å². The second kappa shape index (κ2) is 16.5. The fraction of sp³-hybridized carbons (Fsp3) is 0.600. The number of benzene rings is 1. The molecule has 0 aromatic heterocycles. The Morgan fingerprint density at radius 1 is 0.867 bits per heavy atom. The van der Waals surface area contributed by atoms with Crippen molar-refractivity contribution in [3.05, 3.63) is 35.9 Å². The maximum absolute atomic E-state index is 11.7. The zero-order valence-electron chi connectivity index (χ0n) is 18.9. The lowest BCUT2D eigenvalue weighted by Crippen LogP contribution is -2.17. The van der Waals surface area contributed by atoms with Crippen LogP contribution in [0.15, 0.2) is 30.3 Å². The average molecular weight is 419 g/mol. The third-order valence-corrected chi connectivity index (χ3v) is 4.90. The first kappa shape index (κ1) is 25.7. The van der Waals surface area contributed by atoms with Crippen molar-refractivity contribution in [3.63, 3.8) is 0 Å². The van der Waals surface area contributed by atoms with Crippen LogP contribution < -0.4 is 4.74 Å². The fourth-order valence-electron chi connectivity index (χ4n) is 2.73. The first-order chi connectivity index (χ1) is 14.6. The summed E-state index contributed by atoms with van der Waals surface area (Å²) in [7, 11) is 0. The van der Waals surface area contributed by atoms with Crippen LogP contribution in [-0.2, 0) is 19.1 Å². The Balaban J connectivity index is 2.18. The summed E-state index contributed by atoms with van der Waals surface area (Å²) in [6.45, 7) is 6.83. The highest BCUT2D eigenvalue weighted by Gasteiger charge is 2.11. The minimum atomic E-state index is -0.464. The molecule has 1 aromatic carbocycles. The lowest BCUT2D eigenvalue weighted by molar-refractivity contribution is -0.152. The number of hydrogen-bond donors (Lipinski definition) is 0. The van der Waals surface area contributed by atoms with Crippen molar-refractivity contribution in [1.82, 2.24) is 0 Å². The Hall–Kier alpha value is -2.30. The van der Waals surface area contributed by atoms with E-state index in [1.807, 2.05) is 38.1 Å². The molecule has 0 bridgehead atoms. The van der Waals surface area contributed by atoms with Gasteiger partial charge < -0.3 is 14.2 Å². The highest BCUT2D eigenvalue weighted by molar-refractivity contribution is 5.87. The number of unbranched alkanes of at least 4 members (excludes halogenated alkanes) is 6. The second-order valence-corrected chi connectivity index (χ2v) is 7.52. The van der Waals surface area contributed by atoms with E-state index in [2.05, 4.69) is 6.92 Å². The van der Waals surface area contributed by atoms with Gasteiger partial charge in [0.05, 0.1) is 12.5 Å². The van der Waals surface area contributed by atoms with Crippen LogP contribution in [0.3, 0.4) is 0 Å². The van der Waals surface area contributed by atoms with Gasteiger partial charge in [-0.2, -0.15) is 0 Å². The van der Waals surface area contributed by atoms with E-state index >= 15 is 0 Å². The summed E-state index contributed by atoms with van der Waals surface area (Å²) < 4.78 is 15.8. The molecule has 30 heavy (non-hydrogen) atoms. The van der Waals surface area contributed by atoms with Crippen molar-refractivity contribution in [1.29, 1.82) is 0 Å². The topological polar surface area (TPSA) is 61.8 Å². The van der Waals surface area contributed by atoms with Gasteiger partial charge in [-0.3, -0.25) is 4.79 Å². The molecule has 1 aromatic rings. The molecule has 0 amide bonds. The minimum absolute atomic E-state index is 0.0523.